The summed E-state index contributed by atoms with van der Waals surface area (Å²) in [5.41, 5.74) is 2.68. The van der Waals surface area contributed by atoms with Crippen LogP contribution in [0.4, 0.5) is 10.2 Å². The first kappa shape index (κ1) is 17.9. The lowest BCUT2D eigenvalue weighted by molar-refractivity contribution is 0.249. The third-order valence-electron chi connectivity index (χ3n) is 4.80. The first-order valence-electron chi connectivity index (χ1n) is 8.82. The Balaban J connectivity index is 1.47. The minimum atomic E-state index is -0.258. The molecule has 0 N–H and O–H groups in total. The normalized spacial score (nSPS) is 15.3. The third kappa shape index (κ3) is 3.79. The van der Waals surface area contributed by atoms with Crippen molar-refractivity contribution in [3.8, 4) is 11.3 Å². The number of benzene rings is 1. The van der Waals surface area contributed by atoms with Gasteiger partial charge in [-0.1, -0.05) is 11.6 Å². The van der Waals surface area contributed by atoms with Gasteiger partial charge in [-0.2, -0.15) is 5.10 Å². The van der Waals surface area contributed by atoms with Crippen molar-refractivity contribution in [2.45, 2.75) is 6.54 Å². The summed E-state index contributed by atoms with van der Waals surface area (Å²) in [6.45, 7) is 4.25. The van der Waals surface area contributed by atoms with Gasteiger partial charge in [0, 0.05) is 63.3 Å². The zero-order valence-electron chi connectivity index (χ0n) is 15.0. The van der Waals surface area contributed by atoms with Gasteiger partial charge in [-0.25, -0.2) is 9.37 Å². The Morgan fingerprint density at radius 1 is 1.04 bits per heavy atom. The van der Waals surface area contributed by atoms with E-state index >= 15 is 0 Å². The Morgan fingerprint density at radius 2 is 1.74 bits per heavy atom. The number of halogens is 2. The summed E-state index contributed by atoms with van der Waals surface area (Å²) in [4.78, 5) is 13.6. The lowest BCUT2D eigenvalue weighted by Gasteiger charge is -2.35. The van der Waals surface area contributed by atoms with Crippen LogP contribution in [-0.4, -0.2) is 50.8 Å². The Kier molecular flexibility index (Phi) is 5.05. The van der Waals surface area contributed by atoms with E-state index in [1.54, 1.807) is 29.2 Å². The molecule has 0 bridgehead atoms. The van der Waals surface area contributed by atoms with Gasteiger partial charge < -0.3 is 4.90 Å². The van der Waals surface area contributed by atoms with Crippen molar-refractivity contribution >= 4 is 17.4 Å². The average molecular weight is 387 g/mol. The van der Waals surface area contributed by atoms with Gasteiger partial charge in [-0.15, -0.1) is 0 Å². The van der Waals surface area contributed by atoms with Gasteiger partial charge in [-0.3, -0.25) is 14.6 Å². The van der Waals surface area contributed by atoms with Gasteiger partial charge in [0.1, 0.15) is 16.7 Å². The highest BCUT2D eigenvalue weighted by molar-refractivity contribution is 6.30. The van der Waals surface area contributed by atoms with Gasteiger partial charge in [0.25, 0.3) is 0 Å². The van der Waals surface area contributed by atoms with Crippen LogP contribution in [0, 0.1) is 5.82 Å². The minimum absolute atomic E-state index is 0.258. The van der Waals surface area contributed by atoms with E-state index in [4.69, 9.17) is 11.6 Å². The zero-order chi connectivity index (χ0) is 18.8. The summed E-state index contributed by atoms with van der Waals surface area (Å²) in [6.07, 6.45) is 5.19. The first-order chi connectivity index (χ1) is 13.1. The van der Waals surface area contributed by atoms with Crippen molar-refractivity contribution in [1.29, 1.82) is 0 Å². The highest BCUT2D eigenvalue weighted by Gasteiger charge is 2.22. The molecular weight excluding hydrogens is 367 g/mol. The van der Waals surface area contributed by atoms with Gasteiger partial charge in [0.15, 0.2) is 5.82 Å². The molecule has 0 aliphatic carbocycles. The lowest BCUT2D eigenvalue weighted by atomic mass is 10.1. The summed E-state index contributed by atoms with van der Waals surface area (Å²) in [6, 6.07) is 6.37. The van der Waals surface area contributed by atoms with Crippen molar-refractivity contribution in [3.63, 3.8) is 0 Å². The van der Waals surface area contributed by atoms with Crippen LogP contribution in [0.25, 0.3) is 11.3 Å². The Bertz CT molecular complexity index is 918. The molecule has 1 aromatic carbocycles. The van der Waals surface area contributed by atoms with Crippen LogP contribution in [-0.2, 0) is 13.6 Å². The topological polar surface area (TPSA) is 50.1 Å². The summed E-state index contributed by atoms with van der Waals surface area (Å²) in [5.74, 6) is 0.579. The molecule has 1 aliphatic rings. The van der Waals surface area contributed by atoms with Gasteiger partial charge in [0.2, 0.25) is 0 Å². The molecule has 0 amide bonds. The summed E-state index contributed by atoms with van der Waals surface area (Å²) >= 11 is 6.27. The Morgan fingerprint density at radius 3 is 2.41 bits per heavy atom. The lowest BCUT2D eigenvalue weighted by Crippen LogP contribution is -2.46. The number of hydrogen-bond donors (Lipinski definition) is 0. The van der Waals surface area contributed by atoms with Crippen LogP contribution >= 0.6 is 11.6 Å². The molecule has 1 aliphatic heterocycles. The summed E-state index contributed by atoms with van der Waals surface area (Å²) in [5, 5.41) is 4.88. The van der Waals surface area contributed by atoms with Crippen molar-refractivity contribution < 1.29 is 4.39 Å². The zero-order valence-corrected chi connectivity index (χ0v) is 15.8. The molecular formula is C19H20ClFN6. The number of hydrogen-bond acceptors (Lipinski definition) is 5. The molecule has 27 heavy (non-hydrogen) atoms. The van der Waals surface area contributed by atoms with E-state index < -0.39 is 0 Å². The Hall–Kier alpha value is -2.51. The van der Waals surface area contributed by atoms with Crippen LogP contribution in [0.5, 0.6) is 0 Å². The van der Waals surface area contributed by atoms with E-state index in [-0.39, 0.29) is 5.82 Å². The van der Waals surface area contributed by atoms with Gasteiger partial charge in [0.05, 0.1) is 6.20 Å². The van der Waals surface area contributed by atoms with Crippen LogP contribution in [0.15, 0.2) is 42.9 Å². The summed E-state index contributed by atoms with van der Waals surface area (Å²) < 4.78 is 14.9. The minimum Gasteiger partial charge on any atom is -0.352 e. The van der Waals surface area contributed by atoms with Crippen LogP contribution < -0.4 is 4.90 Å². The first-order valence-corrected chi connectivity index (χ1v) is 9.20. The monoisotopic (exact) mass is 386 g/mol. The molecule has 8 heteroatoms. The fourth-order valence-electron chi connectivity index (χ4n) is 3.31. The maximum absolute atomic E-state index is 13.2. The standard InChI is InChI=1S/C19H20ClFN6/c1-25-18(20)15(12-24-25)13-26-8-10-27(11-9-26)19-17(22-6-7-23-19)14-2-4-16(21)5-3-14/h2-7,12H,8-11,13H2,1H3. The number of anilines is 1. The van der Waals surface area contributed by atoms with Gasteiger partial charge >= 0.3 is 0 Å². The quantitative estimate of drug-likeness (QED) is 0.690. The van der Waals surface area contributed by atoms with Crippen LogP contribution in [0.1, 0.15) is 5.56 Å². The maximum Gasteiger partial charge on any atom is 0.155 e. The molecule has 1 saturated heterocycles. The SMILES string of the molecule is Cn1ncc(CN2CCN(c3nccnc3-c3ccc(F)cc3)CC2)c1Cl. The van der Waals surface area contributed by atoms with E-state index in [1.807, 2.05) is 13.2 Å². The molecule has 4 rings (SSSR count). The highest BCUT2D eigenvalue weighted by atomic mass is 35.5. The van der Waals surface area contributed by atoms with E-state index in [2.05, 4.69) is 24.9 Å². The molecule has 3 heterocycles. The molecule has 0 spiro atoms. The fourth-order valence-corrected chi connectivity index (χ4v) is 3.46. The molecule has 0 saturated carbocycles. The number of nitrogens with zero attached hydrogens (tertiary/aromatic N) is 6. The fraction of sp³-hybridized carbons (Fsp3) is 0.316. The molecule has 0 radical (unpaired) electrons. The molecule has 3 aromatic rings. The van der Waals surface area contributed by atoms with E-state index in [1.165, 1.54) is 12.1 Å². The predicted octanol–water partition coefficient (Wildman–Crippen LogP) is 2.99. The number of aryl methyl sites for hydroxylation is 1. The molecule has 0 atom stereocenters. The Labute approximate surface area is 162 Å². The molecule has 2 aromatic heterocycles. The molecule has 140 valence electrons. The molecule has 0 unspecified atom stereocenters. The number of piperazine rings is 1. The second-order valence-electron chi connectivity index (χ2n) is 6.58. The third-order valence-corrected chi connectivity index (χ3v) is 5.29. The number of rotatable bonds is 4. The van der Waals surface area contributed by atoms with Crippen molar-refractivity contribution in [3.05, 3.63) is 59.4 Å². The smallest absolute Gasteiger partial charge is 0.155 e. The van der Waals surface area contributed by atoms with Crippen LogP contribution in [0.3, 0.4) is 0 Å². The number of aromatic nitrogens is 4. The van der Waals surface area contributed by atoms with Crippen molar-refractivity contribution in [2.24, 2.45) is 7.05 Å². The average Bonchev–Trinajstić information content (AvgIpc) is 3.01. The highest BCUT2D eigenvalue weighted by Crippen LogP contribution is 2.28. The second kappa shape index (κ2) is 7.62. The predicted molar refractivity (Wildman–Crippen MR) is 103 cm³/mol. The van der Waals surface area contributed by atoms with Crippen molar-refractivity contribution in [1.82, 2.24) is 24.6 Å². The van der Waals surface area contributed by atoms with Gasteiger partial charge in [-0.05, 0) is 24.3 Å². The maximum atomic E-state index is 13.2. The summed E-state index contributed by atoms with van der Waals surface area (Å²) in [7, 11) is 1.84. The van der Waals surface area contributed by atoms with E-state index in [9.17, 15) is 4.39 Å². The molecule has 6 nitrogen and oxygen atoms in total. The largest absolute Gasteiger partial charge is 0.352 e. The van der Waals surface area contributed by atoms with E-state index in [0.29, 0.717) is 5.15 Å². The van der Waals surface area contributed by atoms with Crippen LogP contribution in [0.2, 0.25) is 5.15 Å². The second-order valence-corrected chi connectivity index (χ2v) is 6.94. The van der Waals surface area contributed by atoms with E-state index in [0.717, 1.165) is 55.4 Å². The molecule has 1 fully saturated rings. The van der Waals surface area contributed by atoms with Crippen molar-refractivity contribution in [2.75, 3.05) is 31.1 Å².